The number of pyridine rings is 1. The van der Waals surface area contributed by atoms with Crippen LogP contribution in [0, 0.1) is 11.2 Å². The van der Waals surface area contributed by atoms with Crippen LogP contribution in [0.2, 0.25) is 0 Å². The summed E-state index contributed by atoms with van der Waals surface area (Å²) in [5.41, 5.74) is 1.03. The molecule has 2 heterocycles. The van der Waals surface area contributed by atoms with Crippen molar-refractivity contribution >= 4 is 56.9 Å². The first-order valence-corrected chi connectivity index (χ1v) is 19.6. The molecule has 0 saturated carbocycles. The van der Waals surface area contributed by atoms with Gasteiger partial charge in [-0.05, 0) is 94.3 Å². The van der Waals surface area contributed by atoms with Crippen molar-refractivity contribution in [2.24, 2.45) is 5.41 Å². The molecule has 58 heavy (non-hydrogen) atoms. The Morgan fingerprint density at radius 2 is 1.55 bits per heavy atom. The first-order valence-electron chi connectivity index (χ1n) is 17.7. The van der Waals surface area contributed by atoms with Gasteiger partial charge in [-0.1, -0.05) is 24.3 Å². The van der Waals surface area contributed by atoms with Crippen LogP contribution in [0.1, 0.15) is 40.2 Å². The number of methoxy groups -OCH3 is 1. The second-order valence-electron chi connectivity index (χ2n) is 14.7. The van der Waals surface area contributed by atoms with E-state index in [0.29, 0.717) is 22.5 Å². The van der Waals surface area contributed by atoms with Gasteiger partial charge in [0.15, 0.2) is 15.5 Å². The zero-order chi connectivity index (χ0) is 42.4. The molecule has 2 aromatic heterocycles. The highest BCUT2D eigenvalue weighted by molar-refractivity contribution is 7.90. The lowest BCUT2D eigenvalue weighted by Gasteiger charge is -2.25. The van der Waals surface area contributed by atoms with E-state index in [1.54, 1.807) is 75.5 Å². The molecule has 0 unspecified atom stereocenters. The van der Waals surface area contributed by atoms with E-state index in [1.165, 1.54) is 55.8 Å². The van der Waals surface area contributed by atoms with Crippen LogP contribution in [0.3, 0.4) is 0 Å². The third-order valence-corrected chi connectivity index (χ3v) is 9.41. The summed E-state index contributed by atoms with van der Waals surface area (Å²) in [5.74, 6) is -1.67. The zero-order valence-electron chi connectivity index (χ0n) is 32.9. The third-order valence-electron chi connectivity index (χ3n) is 8.30. The Morgan fingerprint density at radius 1 is 0.879 bits per heavy atom. The number of nitrogens with zero attached hydrogens (tertiary/aromatic N) is 4. The van der Waals surface area contributed by atoms with Crippen molar-refractivity contribution in [2.75, 3.05) is 36.9 Å². The Hall–Kier alpha value is -6.56. The number of benzene rings is 3. The summed E-state index contributed by atoms with van der Waals surface area (Å²) in [6.07, 6.45) is 0.933. The largest absolute Gasteiger partial charge is 0.495 e. The molecule has 2 N–H and O–H groups in total. The normalized spacial score (nSPS) is 11.7. The van der Waals surface area contributed by atoms with E-state index < -0.39 is 45.8 Å². The van der Waals surface area contributed by atoms with Crippen molar-refractivity contribution in [3.63, 3.8) is 0 Å². The van der Waals surface area contributed by atoms with Gasteiger partial charge in [-0.3, -0.25) is 9.59 Å². The maximum absolute atomic E-state index is 13.8. The molecule has 3 amide bonds. The highest BCUT2D eigenvalue weighted by atomic mass is 32.2. The van der Waals surface area contributed by atoms with E-state index in [2.05, 4.69) is 20.7 Å². The Bertz CT molecular complexity index is 2430. The Morgan fingerprint density at radius 3 is 2.19 bits per heavy atom. The fraction of sp³-hybridized carbons (Fsp3) is 0.300. The smallest absolute Gasteiger partial charge is 0.424 e. The number of fused-ring (bicyclic) bond motifs is 1. The van der Waals surface area contributed by atoms with Crippen molar-refractivity contribution < 1.29 is 50.9 Å². The number of esters is 1. The van der Waals surface area contributed by atoms with Crippen LogP contribution in [0.5, 0.6) is 5.75 Å². The molecule has 3 aromatic carbocycles. The first kappa shape index (κ1) is 42.6. The van der Waals surface area contributed by atoms with Crippen molar-refractivity contribution in [3.05, 3.63) is 96.4 Å². The van der Waals surface area contributed by atoms with Gasteiger partial charge in [0.2, 0.25) is 12.7 Å². The highest BCUT2D eigenvalue weighted by Gasteiger charge is 2.33. The molecule has 5 rings (SSSR count). The number of carbonyl (C=O) groups is 4. The van der Waals surface area contributed by atoms with Crippen LogP contribution in [0.15, 0.2) is 90.0 Å². The molecule has 0 saturated heterocycles. The maximum Gasteiger partial charge on any atom is 0.424 e. The van der Waals surface area contributed by atoms with Crippen LogP contribution in [-0.4, -0.2) is 79.4 Å². The molecule has 18 heteroatoms. The summed E-state index contributed by atoms with van der Waals surface area (Å²) >= 11 is 0. The number of sulfone groups is 1. The van der Waals surface area contributed by atoms with Crippen LogP contribution in [0.25, 0.3) is 16.8 Å². The number of amides is 3. The number of ether oxygens (including phenoxy) is 4. The molecular formula is C40H43FN6O10S. The molecule has 0 fully saturated rings. The molecule has 0 aliphatic rings. The maximum atomic E-state index is 13.8. The zero-order valence-corrected chi connectivity index (χ0v) is 33.7. The summed E-state index contributed by atoms with van der Waals surface area (Å²) in [7, 11) is -2.38. The van der Waals surface area contributed by atoms with E-state index in [9.17, 15) is 32.0 Å². The van der Waals surface area contributed by atoms with Crippen molar-refractivity contribution in [1.82, 2.24) is 19.9 Å². The van der Waals surface area contributed by atoms with E-state index >= 15 is 0 Å². The average molecular weight is 819 g/mol. The predicted molar refractivity (Wildman–Crippen MR) is 211 cm³/mol. The van der Waals surface area contributed by atoms with Gasteiger partial charge in [0, 0.05) is 36.3 Å². The Kier molecular flexibility index (Phi) is 12.7. The molecule has 306 valence electrons. The Labute approximate surface area is 334 Å². The molecule has 0 atom stereocenters. The molecule has 0 aliphatic carbocycles. The van der Waals surface area contributed by atoms with Gasteiger partial charge in [-0.25, -0.2) is 31.8 Å². The number of aromatic nitrogens is 3. The molecule has 0 aliphatic heterocycles. The number of hydrogen-bond donors (Lipinski definition) is 2. The van der Waals surface area contributed by atoms with E-state index in [4.69, 9.17) is 18.9 Å². The number of carbonyl (C=O) groups excluding carboxylic acids is 4. The number of nitrogens with one attached hydrogen (secondary N) is 2. The first-order chi connectivity index (χ1) is 27.2. The average Bonchev–Trinajstić information content (AvgIpc) is 3.57. The molecule has 0 bridgehead atoms. The lowest BCUT2D eigenvalue weighted by atomic mass is 9.94. The van der Waals surface area contributed by atoms with E-state index in [-0.39, 0.29) is 47.0 Å². The van der Waals surface area contributed by atoms with Crippen molar-refractivity contribution in [1.29, 1.82) is 0 Å². The summed E-state index contributed by atoms with van der Waals surface area (Å²) in [6, 6.07) is 20.0. The highest BCUT2D eigenvalue weighted by Crippen LogP contribution is 2.35. The van der Waals surface area contributed by atoms with Crippen molar-refractivity contribution in [3.8, 4) is 16.9 Å². The topological polar surface area (TPSA) is 197 Å². The Balaban J connectivity index is 1.35. The van der Waals surface area contributed by atoms with Gasteiger partial charge in [-0.15, -0.1) is 5.10 Å². The molecule has 0 spiro atoms. The minimum atomic E-state index is -3.67. The minimum Gasteiger partial charge on any atom is -0.495 e. The van der Waals surface area contributed by atoms with E-state index in [1.807, 2.05) is 0 Å². The number of anilines is 3. The van der Waals surface area contributed by atoms with Gasteiger partial charge in [0.1, 0.15) is 17.2 Å². The fourth-order valence-electron chi connectivity index (χ4n) is 5.31. The second kappa shape index (κ2) is 17.3. The number of halogens is 1. The number of rotatable bonds is 13. The lowest BCUT2D eigenvalue weighted by Crippen LogP contribution is -2.42. The minimum absolute atomic E-state index is 0.0151. The van der Waals surface area contributed by atoms with Crippen molar-refractivity contribution in [2.45, 2.75) is 51.5 Å². The van der Waals surface area contributed by atoms with Gasteiger partial charge < -0.3 is 29.6 Å². The van der Waals surface area contributed by atoms with Crippen LogP contribution in [0.4, 0.5) is 31.3 Å². The molecular weight excluding hydrogens is 776 g/mol. The van der Waals surface area contributed by atoms with E-state index in [0.717, 1.165) is 16.7 Å². The lowest BCUT2D eigenvalue weighted by molar-refractivity contribution is -0.161. The van der Waals surface area contributed by atoms with Gasteiger partial charge >= 0.3 is 18.2 Å². The molecule has 0 radical (unpaired) electrons. The summed E-state index contributed by atoms with van der Waals surface area (Å²) in [4.78, 5) is 56.8. The van der Waals surface area contributed by atoms with Crippen LogP contribution >= 0.6 is 0 Å². The quantitative estimate of drug-likeness (QED) is 0.0974. The van der Waals surface area contributed by atoms with Gasteiger partial charge in [0.25, 0.3) is 5.95 Å². The van der Waals surface area contributed by atoms with Gasteiger partial charge in [-0.2, -0.15) is 4.98 Å². The summed E-state index contributed by atoms with van der Waals surface area (Å²) in [6.45, 7) is 7.16. The summed E-state index contributed by atoms with van der Waals surface area (Å²) in [5, 5.41) is 9.85. The third kappa shape index (κ3) is 11.1. The standard InChI is InChI=1S/C40H43FN6O10S/c1-39(2,3)57-37(50)42-23-40(4,5)35(49)55-24-56-38(51)47(31-18-17-30(58(7,52)53)21-32(31)54-6)36-44-33-19-12-27(22-46(33)45-36)26-10-15-29(16-11-26)43-34(48)20-25-8-13-28(41)14-9-25/h8-19,21-22H,20,23-24H2,1-7H3,(H,42,50)(H,43,48). The molecule has 16 nitrogen and oxygen atoms in total. The fourth-order valence-corrected chi connectivity index (χ4v) is 5.95. The van der Waals surface area contributed by atoms with Gasteiger partial charge in [0.05, 0.1) is 29.5 Å². The molecule has 5 aromatic rings. The predicted octanol–water partition coefficient (Wildman–Crippen LogP) is 6.46. The second-order valence-corrected chi connectivity index (χ2v) is 16.7. The van der Waals surface area contributed by atoms with Crippen LogP contribution < -0.4 is 20.3 Å². The SMILES string of the molecule is COc1cc(S(C)(=O)=O)ccc1N(C(=O)OCOC(=O)C(C)(C)CNC(=O)OC(C)(C)C)c1nc2ccc(-c3ccc(NC(=O)Cc4ccc(F)cc4)cc3)cn2n1. The summed E-state index contributed by atoms with van der Waals surface area (Å²) < 4.78 is 60.6. The number of hydrogen-bond acceptors (Lipinski definition) is 12. The monoisotopic (exact) mass is 818 g/mol. The number of alkyl carbamates (subject to hydrolysis) is 1. The van der Waals surface area contributed by atoms with Crippen LogP contribution in [-0.2, 0) is 40.1 Å².